The summed E-state index contributed by atoms with van der Waals surface area (Å²) in [5.41, 5.74) is 3.14. The van der Waals surface area contributed by atoms with Crippen molar-refractivity contribution in [2.45, 2.75) is 32.4 Å². The lowest BCUT2D eigenvalue weighted by molar-refractivity contribution is 0.269. The van der Waals surface area contributed by atoms with Crippen molar-refractivity contribution >= 4 is 11.3 Å². The molecule has 1 aromatic heterocycles. The lowest BCUT2D eigenvalue weighted by Crippen LogP contribution is -2.34. The second-order valence-electron chi connectivity index (χ2n) is 5.01. The molecule has 4 heteroatoms. The zero-order chi connectivity index (χ0) is 11.0. The highest BCUT2D eigenvalue weighted by Crippen LogP contribution is 2.27. The van der Waals surface area contributed by atoms with Crippen LogP contribution in [0.25, 0.3) is 0 Å². The highest BCUT2D eigenvalue weighted by atomic mass is 32.1. The van der Waals surface area contributed by atoms with E-state index in [4.69, 9.17) is 0 Å². The van der Waals surface area contributed by atoms with E-state index in [1.165, 1.54) is 43.0 Å². The lowest BCUT2D eigenvalue weighted by Gasteiger charge is -2.22. The molecule has 1 aromatic rings. The second kappa shape index (κ2) is 4.43. The van der Waals surface area contributed by atoms with E-state index in [9.17, 15) is 0 Å². The topological polar surface area (TPSA) is 28.2 Å². The van der Waals surface area contributed by atoms with Gasteiger partial charge in [-0.1, -0.05) is 0 Å². The van der Waals surface area contributed by atoms with Crippen LogP contribution in [-0.2, 0) is 6.54 Å². The van der Waals surface area contributed by atoms with Crippen LogP contribution >= 0.6 is 11.3 Å². The maximum absolute atomic E-state index is 4.30. The first-order valence-electron chi connectivity index (χ1n) is 6.17. The van der Waals surface area contributed by atoms with Gasteiger partial charge in [0, 0.05) is 30.6 Å². The Morgan fingerprint density at radius 2 is 2.50 bits per heavy atom. The van der Waals surface area contributed by atoms with Crippen LogP contribution in [0, 0.1) is 12.8 Å². The average molecular weight is 237 g/mol. The minimum Gasteiger partial charge on any atom is -0.307 e. The van der Waals surface area contributed by atoms with Crippen molar-refractivity contribution in [1.29, 1.82) is 0 Å². The molecule has 3 nitrogen and oxygen atoms in total. The van der Waals surface area contributed by atoms with E-state index in [2.05, 4.69) is 22.1 Å². The molecule has 0 spiro atoms. The fourth-order valence-corrected chi connectivity index (χ4v) is 3.69. The molecule has 0 aromatic carbocycles. The van der Waals surface area contributed by atoms with Crippen molar-refractivity contribution in [2.75, 3.05) is 19.6 Å². The number of aryl methyl sites for hydroxylation is 1. The number of aromatic nitrogens is 1. The van der Waals surface area contributed by atoms with Crippen molar-refractivity contribution in [1.82, 2.24) is 15.2 Å². The standard InChI is InChI=1S/C12H19N3S/c1-9-12(16-8-14-9)5-13-11-7-15-4-2-3-10(11)6-15/h8,10-11,13H,2-7H2,1H3. The van der Waals surface area contributed by atoms with Gasteiger partial charge in [0.1, 0.15) is 0 Å². The van der Waals surface area contributed by atoms with Crippen LogP contribution in [0.5, 0.6) is 0 Å². The van der Waals surface area contributed by atoms with Gasteiger partial charge in [-0.25, -0.2) is 4.98 Å². The number of rotatable bonds is 3. The fraction of sp³-hybridized carbons (Fsp3) is 0.750. The first-order valence-corrected chi connectivity index (χ1v) is 7.05. The summed E-state index contributed by atoms with van der Waals surface area (Å²) < 4.78 is 0. The minimum atomic E-state index is 0.712. The molecular formula is C12H19N3S. The first kappa shape index (κ1) is 10.7. The Morgan fingerprint density at radius 1 is 1.56 bits per heavy atom. The van der Waals surface area contributed by atoms with Crippen molar-refractivity contribution in [3.05, 3.63) is 16.1 Å². The van der Waals surface area contributed by atoms with E-state index in [0.717, 1.165) is 12.5 Å². The van der Waals surface area contributed by atoms with Gasteiger partial charge in [-0.3, -0.25) is 0 Å². The van der Waals surface area contributed by atoms with Gasteiger partial charge in [0.15, 0.2) is 0 Å². The molecule has 3 heterocycles. The number of thiazole rings is 1. The van der Waals surface area contributed by atoms with Crippen LogP contribution in [0.15, 0.2) is 5.51 Å². The molecule has 2 fully saturated rings. The molecule has 3 rings (SSSR count). The molecule has 3 atom stereocenters. The van der Waals surface area contributed by atoms with Crippen LogP contribution in [0.3, 0.4) is 0 Å². The summed E-state index contributed by atoms with van der Waals surface area (Å²) in [6, 6.07) is 0.712. The first-order chi connectivity index (χ1) is 7.83. The highest BCUT2D eigenvalue weighted by Gasteiger charge is 2.34. The summed E-state index contributed by atoms with van der Waals surface area (Å²) in [5, 5.41) is 3.72. The molecule has 2 aliphatic heterocycles. The molecule has 0 radical (unpaired) electrons. The molecule has 2 bridgehead atoms. The average Bonchev–Trinajstić information content (AvgIpc) is 2.81. The highest BCUT2D eigenvalue weighted by molar-refractivity contribution is 7.09. The zero-order valence-electron chi connectivity index (χ0n) is 9.78. The fourth-order valence-electron chi connectivity index (χ4n) is 2.96. The summed E-state index contributed by atoms with van der Waals surface area (Å²) in [4.78, 5) is 8.30. The van der Waals surface area contributed by atoms with E-state index < -0.39 is 0 Å². The Labute approximate surface area is 101 Å². The van der Waals surface area contributed by atoms with Crippen LogP contribution in [0.1, 0.15) is 23.4 Å². The Kier molecular flexibility index (Phi) is 2.96. The second-order valence-corrected chi connectivity index (χ2v) is 5.95. The predicted octanol–water partition coefficient (Wildman–Crippen LogP) is 1.64. The third kappa shape index (κ3) is 2.01. The van der Waals surface area contributed by atoms with Crippen LogP contribution in [0.2, 0.25) is 0 Å². The van der Waals surface area contributed by atoms with Crippen LogP contribution in [-0.4, -0.2) is 35.6 Å². The number of hydrogen-bond acceptors (Lipinski definition) is 4. The Hall–Kier alpha value is -0.450. The molecule has 2 aliphatic rings. The number of fused-ring (bicyclic) bond motifs is 2. The molecule has 0 amide bonds. The Bertz CT molecular complexity index is 363. The number of hydrogen-bond donors (Lipinski definition) is 1. The predicted molar refractivity (Wildman–Crippen MR) is 66.6 cm³/mol. The number of piperidine rings is 1. The van der Waals surface area contributed by atoms with Crippen molar-refractivity contribution < 1.29 is 0 Å². The van der Waals surface area contributed by atoms with E-state index in [-0.39, 0.29) is 0 Å². The van der Waals surface area contributed by atoms with Crippen molar-refractivity contribution in [3.8, 4) is 0 Å². The van der Waals surface area contributed by atoms with Crippen LogP contribution < -0.4 is 5.32 Å². The van der Waals surface area contributed by atoms with E-state index >= 15 is 0 Å². The van der Waals surface area contributed by atoms with Gasteiger partial charge >= 0.3 is 0 Å². The van der Waals surface area contributed by atoms with E-state index in [1.807, 2.05) is 5.51 Å². The van der Waals surface area contributed by atoms with Gasteiger partial charge < -0.3 is 10.2 Å². The summed E-state index contributed by atoms with van der Waals surface area (Å²) in [6.45, 7) is 6.99. The number of nitrogens with zero attached hydrogens (tertiary/aromatic N) is 2. The van der Waals surface area contributed by atoms with Gasteiger partial charge in [0.25, 0.3) is 0 Å². The maximum Gasteiger partial charge on any atom is 0.0798 e. The molecule has 16 heavy (non-hydrogen) atoms. The Morgan fingerprint density at radius 3 is 3.25 bits per heavy atom. The molecule has 3 unspecified atom stereocenters. The van der Waals surface area contributed by atoms with Gasteiger partial charge in [0.05, 0.1) is 11.2 Å². The molecule has 88 valence electrons. The van der Waals surface area contributed by atoms with Crippen molar-refractivity contribution in [3.63, 3.8) is 0 Å². The smallest absolute Gasteiger partial charge is 0.0798 e. The number of nitrogens with one attached hydrogen (secondary N) is 1. The zero-order valence-corrected chi connectivity index (χ0v) is 10.6. The van der Waals surface area contributed by atoms with E-state index in [0.29, 0.717) is 6.04 Å². The van der Waals surface area contributed by atoms with Crippen LogP contribution in [0.4, 0.5) is 0 Å². The summed E-state index contributed by atoms with van der Waals surface area (Å²) in [7, 11) is 0. The normalized spacial score (nSPS) is 33.2. The Balaban J connectivity index is 1.58. The molecule has 1 N–H and O–H groups in total. The third-order valence-corrected chi connectivity index (χ3v) is 4.87. The monoisotopic (exact) mass is 237 g/mol. The molecule has 0 aliphatic carbocycles. The summed E-state index contributed by atoms with van der Waals surface area (Å²) in [6.07, 6.45) is 2.80. The molecule has 0 saturated carbocycles. The van der Waals surface area contributed by atoms with Gasteiger partial charge in [0.2, 0.25) is 0 Å². The third-order valence-electron chi connectivity index (χ3n) is 3.94. The van der Waals surface area contributed by atoms with Gasteiger partial charge in [-0.05, 0) is 32.2 Å². The minimum absolute atomic E-state index is 0.712. The molecule has 2 saturated heterocycles. The van der Waals surface area contributed by atoms with Crippen molar-refractivity contribution in [2.24, 2.45) is 5.92 Å². The maximum atomic E-state index is 4.30. The molecular weight excluding hydrogens is 218 g/mol. The van der Waals surface area contributed by atoms with Gasteiger partial charge in [-0.15, -0.1) is 11.3 Å². The lowest BCUT2D eigenvalue weighted by atomic mass is 9.97. The largest absolute Gasteiger partial charge is 0.307 e. The van der Waals surface area contributed by atoms with E-state index in [1.54, 1.807) is 11.3 Å². The SMILES string of the molecule is Cc1ncsc1CNC1CN2CCCC1C2. The summed E-state index contributed by atoms with van der Waals surface area (Å²) in [5.74, 6) is 0.891. The quantitative estimate of drug-likeness (QED) is 0.866. The summed E-state index contributed by atoms with van der Waals surface area (Å²) >= 11 is 1.77. The van der Waals surface area contributed by atoms with Gasteiger partial charge in [-0.2, -0.15) is 0 Å².